The van der Waals surface area contributed by atoms with Gasteiger partial charge < -0.3 is 24.4 Å². The molecular formula is C24H26BrN7O4. The Balaban J connectivity index is 1.56. The lowest BCUT2D eigenvalue weighted by Gasteiger charge is -2.27. The molecule has 1 aliphatic heterocycles. The van der Waals surface area contributed by atoms with Gasteiger partial charge in [0.05, 0.1) is 32.2 Å². The molecule has 1 saturated heterocycles. The van der Waals surface area contributed by atoms with E-state index in [0.29, 0.717) is 49.7 Å². The van der Waals surface area contributed by atoms with Crippen molar-refractivity contribution in [2.45, 2.75) is 13.8 Å². The van der Waals surface area contributed by atoms with Gasteiger partial charge in [-0.2, -0.15) is 20.1 Å². The van der Waals surface area contributed by atoms with Crippen molar-refractivity contribution >= 4 is 51.6 Å². The van der Waals surface area contributed by atoms with E-state index in [1.165, 1.54) is 14.0 Å². The van der Waals surface area contributed by atoms with Gasteiger partial charge in [0, 0.05) is 24.5 Å². The molecule has 2 N–H and O–H groups in total. The summed E-state index contributed by atoms with van der Waals surface area (Å²) < 4.78 is 16.8. The molecule has 0 spiro atoms. The standard InChI is InChI=1S/C24H26BrN7O4/c1-15-4-6-19(18(25)12-15)27-22-28-23(30-24(29-22)32-8-10-35-11-9-32)31-26-14-17-5-7-20(36-16(2)33)21(13-17)34-3/h4-7,12-14H,8-11H2,1-3H3,(H2,27,28,29,30,31)/b26-14+. The van der Waals surface area contributed by atoms with Crippen molar-refractivity contribution in [1.82, 2.24) is 15.0 Å². The van der Waals surface area contributed by atoms with Gasteiger partial charge in [0.2, 0.25) is 17.8 Å². The van der Waals surface area contributed by atoms with Crippen LogP contribution in [0.1, 0.15) is 18.1 Å². The van der Waals surface area contributed by atoms with Crippen LogP contribution in [0.3, 0.4) is 0 Å². The molecule has 36 heavy (non-hydrogen) atoms. The molecule has 12 heteroatoms. The third-order valence-electron chi connectivity index (χ3n) is 5.11. The van der Waals surface area contributed by atoms with E-state index in [2.05, 4.69) is 46.7 Å². The Morgan fingerprint density at radius 3 is 2.61 bits per heavy atom. The Bertz CT molecular complexity index is 1270. The molecule has 2 heterocycles. The summed E-state index contributed by atoms with van der Waals surface area (Å²) in [6.45, 7) is 5.91. The summed E-state index contributed by atoms with van der Waals surface area (Å²) in [5, 5.41) is 7.52. The summed E-state index contributed by atoms with van der Waals surface area (Å²) in [7, 11) is 1.50. The molecule has 1 aromatic heterocycles. The average Bonchev–Trinajstić information content (AvgIpc) is 2.87. The fraction of sp³-hybridized carbons (Fsp3) is 0.292. The van der Waals surface area contributed by atoms with Crippen molar-refractivity contribution in [2.24, 2.45) is 5.10 Å². The molecule has 188 valence electrons. The molecule has 0 atom stereocenters. The van der Waals surface area contributed by atoms with Crippen molar-refractivity contribution in [2.75, 3.05) is 49.1 Å². The number of carbonyl (C=O) groups is 1. The van der Waals surface area contributed by atoms with Crippen molar-refractivity contribution in [1.29, 1.82) is 0 Å². The number of anilines is 4. The Morgan fingerprint density at radius 1 is 1.11 bits per heavy atom. The highest BCUT2D eigenvalue weighted by molar-refractivity contribution is 9.10. The summed E-state index contributed by atoms with van der Waals surface area (Å²) in [5.41, 5.74) is 5.56. The number of morpholine rings is 1. The van der Waals surface area contributed by atoms with E-state index in [-0.39, 0.29) is 5.95 Å². The van der Waals surface area contributed by atoms with Gasteiger partial charge in [-0.3, -0.25) is 4.79 Å². The molecule has 1 fully saturated rings. The number of halogens is 1. The van der Waals surface area contributed by atoms with E-state index in [4.69, 9.17) is 14.2 Å². The number of hydrogen-bond acceptors (Lipinski definition) is 11. The van der Waals surface area contributed by atoms with Crippen molar-refractivity contribution in [3.8, 4) is 11.5 Å². The number of esters is 1. The number of benzene rings is 2. The maximum atomic E-state index is 11.3. The molecule has 0 bridgehead atoms. The maximum absolute atomic E-state index is 11.3. The zero-order valence-electron chi connectivity index (χ0n) is 20.1. The van der Waals surface area contributed by atoms with E-state index in [9.17, 15) is 4.79 Å². The highest BCUT2D eigenvalue weighted by atomic mass is 79.9. The summed E-state index contributed by atoms with van der Waals surface area (Å²) >= 11 is 3.58. The van der Waals surface area contributed by atoms with Crippen LogP contribution < -0.4 is 25.1 Å². The first-order chi connectivity index (χ1) is 17.4. The van der Waals surface area contributed by atoms with E-state index in [0.717, 1.165) is 21.3 Å². The third-order valence-corrected chi connectivity index (χ3v) is 5.76. The van der Waals surface area contributed by atoms with Gasteiger partial charge in [0.1, 0.15) is 0 Å². The van der Waals surface area contributed by atoms with Gasteiger partial charge >= 0.3 is 5.97 Å². The van der Waals surface area contributed by atoms with Crippen molar-refractivity contribution < 1.29 is 19.0 Å². The number of nitrogens with zero attached hydrogens (tertiary/aromatic N) is 5. The topological polar surface area (TPSA) is 123 Å². The number of hydrogen-bond donors (Lipinski definition) is 2. The largest absolute Gasteiger partial charge is 0.493 e. The fourth-order valence-corrected chi connectivity index (χ4v) is 3.98. The zero-order valence-corrected chi connectivity index (χ0v) is 21.7. The van der Waals surface area contributed by atoms with E-state index >= 15 is 0 Å². The predicted octanol–water partition coefficient (Wildman–Crippen LogP) is 3.90. The smallest absolute Gasteiger partial charge is 0.308 e. The monoisotopic (exact) mass is 555 g/mol. The summed E-state index contributed by atoms with van der Waals surface area (Å²) in [5.74, 6) is 1.49. The van der Waals surface area contributed by atoms with Gasteiger partial charge in [-0.1, -0.05) is 6.07 Å². The van der Waals surface area contributed by atoms with Crippen LogP contribution in [0.15, 0.2) is 46.0 Å². The van der Waals surface area contributed by atoms with Crippen LogP contribution in [0.4, 0.5) is 23.5 Å². The minimum Gasteiger partial charge on any atom is -0.493 e. The van der Waals surface area contributed by atoms with Crippen LogP contribution in [-0.4, -0.2) is 60.5 Å². The second-order valence-electron chi connectivity index (χ2n) is 7.86. The van der Waals surface area contributed by atoms with Crippen LogP contribution in [0.25, 0.3) is 0 Å². The normalized spacial score (nSPS) is 13.5. The lowest BCUT2D eigenvalue weighted by molar-refractivity contribution is -0.132. The molecule has 11 nitrogen and oxygen atoms in total. The number of hydrazone groups is 1. The van der Waals surface area contributed by atoms with Crippen LogP contribution >= 0.6 is 15.9 Å². The summed E-state index contributed by atoms with van der Waals surface area (Å²) in [6.07, 6.45) is 1.59. The first-order valence-electron chi connectivity index (χ1n) is 11.2. The van der Waals surface area contributed by atoms with E-state index in [1.807, 2.05) is 30.0 Å². The second-order valence-corrected chi connectivity index (χ2v) is 8.72. The zero-order chi connectivity index (χ0) is 25.5. The number of nitrogens with one attached hydrogen (secondary N) is 2. The van der Waals surface area contributed by atoms with Gasteiger partial charge in [-0.05, 0) is 64.3 Å². The Morgan fingerprint density at radius 2 is 1.89 bits per heavy atom. The predicted molar refractivity (Wildman–Crippen MR) is 141 cm³/mol. The second kappa shape index (κ2) is 11.8. The minimum atomic E-state index is -0.427. The molecule has 1 aliphatic rings. The van der Waals surface area contributed by atoms with E-state index < -0.39 is 5.97 Å². The first kappa shape index (κ1) is 25.3. The fourth-order valence-electron chi connectivity index (χ4n) is 3.39. The Kier molecular flexibility index (Phi) is 8.28. The maximum Gasteiger partial charge on any atom is 0.308 e. The average molecular weight is 556 g/mol. The van der Waals surface area contributed by atoms with Crippen molar-refractivity contribution in [3.63, 3.8) is 0 Å². The number of rotatable bonds is 8. The summed E-state index contributed by atoms with van der Waals surface area (Å²) in [4.78, 5) is 26.9. The number of aromatic nitrogens is 3. The van der Waals surface area contributed by atoms with Gasteiger partial charge in [-0.15, -0.1) is 0 Å². The molecule has 2 aromatic carbocycles. The molecule has 3 aromatic rings. The highest BCUT2D eigenvalue weighted by Crippen LogP contribution is 2.28. The number of methoxy groups -OCH3 is 1. The molecule has 0 saturated carbocycles. The lowest BCUT2D eigenvalue weighted by Crippen LogP contribution is -2.37. The SMILES string of the molecule is COc1cc(/C=N/Nc2nc(Nc3ccc(C)cc3Br)nc(N3CCOCC3)n2)ccc1OC(C)=O. The number of aryl methyl sites for hydroxylation is 1. The Labute approximate surface area is 217 Å². The van der Waals surface area contributed by atoms with Crippen LogP contribution in [0.5, 0.6) is 11.5 Å². The number of ether oxygens (including phenoxy) is 3. The third kappa shape index (κ3) is 6.67. The molecule has 0 amide bonds. The quantitative estimate of drug-likeness (QED) is 0.183. The van der Waals surface area contributed by atoms with Crippen LogP contribution in [-0.2, 0) is 9.53 Å². The minimum absolute atomic E-state index is 0.275. The molecule has 0 aliphatic carbocycles. The summed E-state index contributed by atoms with van der Waals surface area (Å²) in [6, 6.07) is 11.1. The molecule has 4 rings (SSSR count). The first-order valence-corrected chi connectivity index (χ1v) is 12.0. The van der Waals surface area contributed by atoms with Gasteiger partial charge in [0.25, 0.3) is 0 Å². The van der Waals surface area contributed by atoms with E-state index in [1.54, 1.807) is 24.4 Å². The molecule has 0 unspecified atom stereocenters. The van der Waals surface area contributed by atoms with Crippen LogP contribution in [0, 0.1) is 6.92 Å². The highest BCUT2D eigenvalue weighted by Gasteiger charge is 2.17. The van der Waals surface area contributed by atoms with Crippen molar-refractivity contribution in [3.05, 3.63) is 52.0 Å². The molecular weight excluding hydrogens is 530 g/mol. The number of carbonyl (C=O) groups excluding carboxylic acids is 1. The molecule has 0 radical (unpaired) electrons. The van der Waals surface area contributed by atoms with Crippen LogP contribution in [0.2, 0.25) is 0 Å². The van der Waals surface area contributed by atoms with Gasteiger partial charge in [-0.25, -0.2) is 5.43 Å². The van der Waals surface area contributed by atoms with Gasteiger partial charge in [0.15, 0.2) is 11.5 Å². The lowest BCUT2D eigenvalue weighted by atomic mass is 10.2. The Hall–Kier alpha value is -3.77.